The number of rotatable bonds is 6. The maximum Gasteiger partial charge on any atom is 0.427 e. The number of hydrogen-bond donors (Lipinski definition) is 2. The lowest BCUT2D eigenvalue weighted by Crippen LogP contribution is -2.48. The zero-order valence-electron chi connectivity index (χ0n) is 16.5. The lowest BCUT2D eigenvalue weighted by molar-refractivity contribution is -0.133. The van der Waals surface area contributed by atoms with E-state index in [0.717, 1.165) is 24.8 Å². The van der Waals surface area contributed by atoms with Crippen molar-refractivity contribution in [2.24, 2.45) is 5.92 Å². The van der Waals surface area contributed by atoms with Gasteiger partial charge in [0.2, 0.25) is 0 Å². The number of benzene rings is 1. The number of likely N-dealkylation sites (N-methyl/N-ethyl adjacent to an activating group) is 1. The Labute approximate surface area is 184 Å². The number of nitrogens with zero attached hydrogens (tertiary/aromatic N) is 2. The summed E-state index contributed by atoms with van der Waals surface area (Å²) in [4.78, 5) is 43.3. The first-order chi connectivity index (χ1) is 14.3. The number of hydroxylamine groups is 1. The monoisotopic (exact) mass is 458 g/mol. The summed E-state index contributed by atoms with van der Waals surface area (Å²) >= 11 is 11.9. The van der Waals surface area contributed by atoms with Crippen LogP contribution in [0.5, 0.6) is 0 Å². The molecule has 1 aromatic carbocycles. The van der Waals surface area contributed by atoms with Crippen molar-refractivity contribution in [1.29, 1.82) is 0 Å². The van der Waals surface area contributed by atoms with Crippen LogP contribution in [0.4, 0.5) is 9.59 Å². The van der Waals surface area contributed by atoms with Crippen molar-refractivity contribution in [2.75, 3.05) is 26.7 Å². The van der Waals surface area contributed by atoms with Gasteiger partial charge in [-0.3, -0.25) is 10.1 Å². The second kappa shape index (κ2) is 10.2. The highest BCUT2D eigenvalue weighted by Gasteiger charge is 2.31. The molecular weight excluding hydrogens is 435 g/mol. The molecule has 2 N–H and O–H groups in total. The Morgan fingerprint density at radius 1 is 1.23 bits per heavy atom. The standard InChI is InChI=1S/C19H24Cl2N4O5/c1-24(17(26)16-22-18(27)30-23-16)5-2-12-3-6-25(7-4-12)19(28)29-11-13-8-14(20)10-15(21)9-13/h8-10,12,16,23H,2-7,11H2,1H3,(H,22,27). The molecule has 2 fully saturated rings. The molecule has 30 heavy (non-hydrogen) atoms. The fraction of sp³-hybridized carbons (Fsp3) is 0.526. The van der Waals surface area contributed by atoms with Gasteiger partial charge in [0.1, 0.15) is 6.61 Å². The summed E-state index contributed by atoms with van der Waals surface area (Å²) in [5.74, 6) is 0.140. The van der Waals surface area contributed by atoms with Crippen molar-refractivity contribution >= 4 is 41.3 Å². The number of carbonyl (C=O) groups is 3. The third kappa shape index (κ3) is 6.13. The van der Waals surface area contributed by atoms with Crippen LogP contribution >= 0.6 is 23.2 Å². The molecule has 1 atom stereocenters. The lowest BCUT2D eigenvalue weighted by atomic mass is 9.93. The average Bonchev–Trinajstić information content (AvgIpc) is 3.15. The Morgan fingerprint density at radius 3 is 2.50 bits per heavy atom. The van der Waals surface area contributed by atoms with Crippen LogP contribution in [0.1, 0.15) is 24.8 Å². The first-order valence-corrected chi connectivity index (χ1v) is 10.4. The van der Waals surface area contributed by atoms with Crippen molar-refractivity contribution in [3.63, 3.8) is 0 Å². The van der Waals surface area contributed by atoms with Gasteiger partial charge in [-0.25, -0.2) is 9.59 Å². The minimum absolute atomic E-state index is 0.113. The van der Waals surface area contributed by atoms with Gasteiger partial charge in [0.05, 0.1) is 0 Å². The largest absolute Gasteiger partial charge is 0.445 e. The molecule has 3 rings (SSSR count). The number of carbonyl (C=O) groups excluding carboxylic acids is 3. The summed E-state index contributed by atoms with van der Waals surface area (Å²) in [7, 11) is 1.68. The molecule has 0 bridgehead atoms. The molecule has 0 saturated carbocycles. The Hall–Kier alpha value is -2.23. The van der Waals surface area contributed by atoms with E-state index in [1.165, 1.54) is 0 Å². The van der Waals surface area contributed by atoms with E-state index in [1.807, 2.05) is 0 Å². The van der Waals surface area contributed by atoms with Crippen LogP contribution < -0.4 is 10.8 Å². The molecular formula is C19H24Cl2N4O5. The second-order valence-electron chi connectivity index (χ2n) is 7.40. The summed E-state index contributed by atoms with van der Waals surface area (Å²) in [6.07, 6.45) is 0.601. The van der Waals surface area contributed by atoms with Crippen LogP contribution in [0.3, 0.4) is 0 Å². The van der Waals surface area contributed by atoms with Crippen molar-refractivity contribution in [3.05, 3.63) is 33.8 Å². The Kier molecular flexibility index (Phi) is 7.63. The van der Waals surface area contributed by atoms with Gasteiger partial charge in [-0.2, -0.15) is 0 Å². The van der Waals surface area contributed by atoms with E-state index in [-0.39, 0.29) is 18.6 Å². The molecule has 2 saturated heterocycles. The highest BCUT2D eigenvalue weighted by atomic mass is 35.5. The smallest absolute Gasteiger partial charge is 0.427 e. The highest BCUT2D eigenvalue weighted by Crippen LogP contribution is 2.23. The number of halogens is 2. The maximum absolute atomic E-state index is 12.3. The molecule has 0 radical (unpaired) electrons. The quantitative estimate of drug-likeness (QED) is 0.679. The number of likely N-dealkylation sites (tertiary alicyclic amines) is 1. The number of amides is 3. The van der Waals surface area contributed by atoms with Crippen molar-refractivity contribution in [2.45, 2.75) is 32.0 Å². The van der Waals surface area contributed by atoms with E-state index in [1.54, 1.807) is 35.0 Å². The molecule has 2 aliphatic heterocycles. The van der Waals surface area contributed by atoms with Crippen LogP contribution in [0, 0.1) is 5.92 Å². The van der Waals surface area contributed by atoms with Gasteiger partial charge in [-0.1, -0.05) is 23.2 Å². The molecule has 2 heterocycles. The molecule has 164 valence electrons. The van der Waals surface area contributed by atoms with E-state index in [0.29, 0.717) is 35.6 Å². The van der Waals surface area contributed by atoms with Crippen molar-refractivity contribution < 1.29 is 24.0 Å². The predicted molar refractivity (Wildman–Crippen MR) is 110 cm³/mol. The number of nitrogens with one attached hydrogen (secondary N) is 2. The fourth-order valence-electron chi connectivity index (χ4n) is 3.44. The van der Waals surface area contributed by atoms with E-state index in [4.69, 9.17) is 27.9 Å². The zero-order valence-corrected chi connectivity index (χ0v) is 18.0. The van der Waals surface area contributed by atoms with Gasteiger partial charge in [-0.15, -0.1) is 5.48 Å². The summed E-state index contributed by atoms with van der Waals surface area (Å²) < 4.78 is 5.37. The van der Waals surface area contributed by atoms with Gasteiger partial charge < -0.3 is 19.4 Å². The first-order valence-electron chi connectivity index (χ1n) is 9.66. The van der Waals surface area contributed by atoms with Crippen LogP contribution in [0.2, 0.25) is 10.0 Å². The third-order valence-corrected chi connectivity index (χ3v) is 5.62. The normalized spacial score (nSPS) is 19.2. The summed E-state index contributed by atoms with van der Waals surface area (Å²) in [5, 5.41) is 3.38. The van der Waals surface area contributed by atoms with E-state index in [9.17, 15) is 14.4 Å². The van der Waals surface area contributed by atoms with E-state index < -0.39 is 12.3 Å². The van der Waals surface area contributed by atoms with Crippen LogP contribution in [0.15, 0.2) is 18.2 Å². The fourth-order valence-corrected chi connectivity index (χ4v) is 4.01. The first kappa shape index (κ1) is 22.5. The molecule has 1 aromatic rings. The van der Waals surface area contributed by atoms with E-state index >= 15 is 0 Å². The van der Waals surface area contributed by atoms with Crippen LogP contribution in [-0.2, 0) is 21.0 Å². The molecule has 1 unspecified atom stereocenters. The molecule has 3 amide bonds. The Balaban J connectivity index is 1.36. The average molecular weight is 459 g/mol. The molecule has 2 aliphatic rings. The number of ether oxygens (including phenoxy) is 1. The SMILES string of the molecule is CN(CCC1CCN(C(=O)OCc2cc(Cl)cc(Cl)c2)CC1)C(=O)C1NOC(=O)N1. The summed E-state index contributed by atoms with van der Waals surface area (Å²) in [5.41, 5.74) is 3.09. The van der Waals surface area contributed by atoms with Gasteiger partial charge in [0.15, 0.2) is 6.17 Å². The summed E-state index contributed by atoms with van der Waals surface area (Å²) in [6.45, 7) is 1.87. The minimum atomic E-state index is -0.853. The molecule has 0 spiro atoms. The van der Waals surface area contributed by atoms with Crippen LogP contribution in [-0.4, -0.2) is 60.7 Å². The number of hydrogen-bond acceptors (Lipinski definition) is 6. The van der Waals surface area contributed by atoms with E-state index in [2.05, 4.69) is 15.6 Å². The third-order valence-electron chi connectivity index (χ3n) is 5.18. The molecule has 0 aromatic heterocycles. The lowest BCUT2D eigenvalue weighted by Gasteiger charge is -2.32. The molecule has 0 aliphatic carbocycles. The number of piperidine rings is 1. The van der Waals surface area contributed by atoms with Gasteiger partial charge >= 0.3 is 12.2 Å². The summed E-state index contributed by atoms with van der Waals surface area (Å²) in [6, 6.07) is 5.05. The van der Waals surface area contributed by atoms with Crippen molar-refractivity contribution in [3.8, 4) is 0 Å². The van der Waals surface area contributed by atoms with Crippen LogP contribution in [0.25, 0.3) is 0 Å². The van der Waals surface area contributed by atoms with Gasteiger partial charge in [0.25, 0.3) is 5.91 Å². The highest BCUT2D eigenvalue weighted by molar-refractivity contribution is 6.34. The Morgan fingerprint density at radius 2 is 1.90 bits per heavy atom. The molecule has 11 heteroatoms. The second-order valence-corrected chi connectivity index (χ2v) is 8.27. The minimum Gasteiger partial charge on any atom is -0.445 e. The maximum atomic E-state index is 12.3. The predicted octanol–water partition coefficient (Wildman–Crippen LogP) is 2.76. The topological polar surface area (TPSA) is 100 Å². The Bertz CT molecular complexity index is 781. The van der Waals surface area contributed by atoms with Gasteiger partial charge in [-0.05, 0) is 48.9 Å². The molecule has 9 nitrogen and oxygen atoms in total. The van der Waals surface area contributed by atoms with Crippen molar-refractivity contribution in [1.82, 2.24) is 20.6 Å². The van der Waals surface area contributed by atoms with Gasteiger partial charge in [0, 0.05) is 36.7 Å². The zero-order chi connectivity index (χ0) is 21.7.